The Hall–Kier alpha value is -5.36. The third kappa shape index (κ3) is 5.15. The van der Waals surface area contributed by atoms with Crippen LogP contribution >= 0.6 is 0 Å². The second-order valence-corrected chi connectivity index (χ2v) is 9.52. The molecule has 0 fully saturated rings. The van der Waals surface area contributed by atoms with E-state index in [1.54, 1.807) is 24.3 Å². The van der Waals surface area contributed by atoms with Gasteiger partial charge in [-0.05, 0) is 65.9 Å². The number of aryl methyl sites for hydroxylation is 1. The summed E-state index contributed by atoms with van der Waals surface area (Å²) >= 11 is 0. The Bertz CT molecular complexity index is 1770. The Morgan fingerprint density at radius 3 is 2.30 bits per heavy atom. The van der Waals surface area contributed by atoms with Gasteiger partial charge in [-0.15, -0.1) is 0 Å². The van der Waals surface area contributed by atoms with Crippen LogP contribution < -0.4 is 20.1 Å². The van der Waals surface area contributed by atoms with Crippen LogP contribution in [0.4, 0.5) is 11.4 Å². The highest BCUT2D eigenvalue weighted by atomic mass is 16.7. The minimum atomic E-state index is -0.341. The van der Waals surface area contributed by atoms with Gasteiger partial charge in [0.25, 0.3) is 11.8 Å². The van der Waals surface area contributed by atoms with Crippen molar-refractivity contribution in [1.82, 2.24) is 0 Å². The van der Waals surface area contributed by atoms with Crippen molar-refractivity contribution in [2.45, 2.75) is 6.92 Å². The third-order valence-corrected chi connectivity index (χ3v) is 6.76. The molecule has 0 bridgehead atoms. The summed E-state index contributed by atoms with van der Waals surface area (Å²) < 4.78 is 11.0. The molecule has 5 aromatic carbocycles. The first-order valence-corrected chi connectivity index (χ1v) is 12.9. The maximum absolute atomic E-state index is 13.8. The number of ether oxygens (including phenoxy) is 2. The van der Waals surface area contributed by atoms with Gasteiger partial charge in [0.15, 0.2) is 11.5 Å². The predicted octanol–water partition coefficient (Wildman–Crippen LogP) is 7.31. The molecule has 1 aliphatic rings. The molecular weight excluding hydrogens is 500 g/mol. The lowest BCUT2D eigenvalue weighted by molar-refractivity contribution is -0.111. The zero-order chi connectivity index (χ0) is 27.5. The minimum Gasteiger partial charge on any atom is -0.454 e. The first kappa shape index (κ1) is 24.9. The summed E-state index contributed by atoms with van der Waals surface area (Å²) in [5, 5.41) is 8.00. The van der Waals surface area contributed by atoms with E-state index in [2.05, 4.69) is 10.6 Å². The molecule has 196 valence electrons. The minimum absolute atomic E-state index is 0.153. The van der Waals surface area contributed by atoms with Crippen molar-refractivity contribution in [3.05, 3.63) is 131 Å². The highest BCUT2D eigenvalue weighted by molar-refractivity contribution is 6.31. The van der Waals surface area contributed by atoms with Crippen LogP contribution in [0.5, 0.6) is 11.5 Å². The van der Waals surface area contributed by atoms with Crippen LogP contribution in [0.15, 0.2) is 109 Å². The van der Waals surface area contributed by atoms with Crippen molar-refractivity contribution in [3.8, 4) is 11.5 Å². The second-order valence-electron chi connectivity index (χ2n) is 9.52. The van der Waals surface area contributed by atoms with E-state index in [9.17, 15) is 9.59 Å². The van der Waals surface area contributed by atoms with E-state index in [-0.39, 0.29) is 18.6 Å². The summed E-state index contributed by atoms with van der Waals surface area (Å²) in [5.41, 5.74) is 4.40. The molecule has 2 amide bonds. The van der Waals surface area contributed by atoms with Crippen molar-refractivity contribution >= 4 is 45.6 Å². The highest BCUT2D eigenvalue weighted by Gasteiger charge is 2.21. The molecule has 0 saturated carbocycles. The monoisotopic (exact) mass is 526 g/mol. The first-order valence-electron chi connectivity index (χ1n) is 12.9. The molecule has 0 aromatic heterocycles. The summed E-state index contributed by atoms with van der Waals surface area (Å²) in [6.07, 6.45) is 1.76. The Morgan fingerprint density at radius 2 is 1.45 bits per heavy atom. The van der Waals surface area contributed by atoms with Crippen LogP contribution in [0.25, 0.3) is 22.4 Å². The lowest BCUT2D eigenvalue weighted by Gasteiger charge is -2.15. The van der Waals surface area contributed by atoms with Gasteiger partial charge in [-0.3, -0.25) is 9.59 Å². The Kier molecular flexibility index (Phi) is 6.73. The second kappa shape index (κ2) is 10.8. The van der Waals surface area contributed by atoms with Crippen LogP contribution in [0, 0.1) is 6.92 Å². The molecule has 40 heavy (non-hydrogen) atoms. The van der Waals surface area contributed by atoms with E-state index in [4.69, 9.17) is 9.47 Å². The van der Waals surface area contributed by atoms with Crippen molar-refractivity contribution in [2.24, 2.45) is 0 Å². The van der Waals surface area contributed by atoms with Gasteiger partial charge in [0, 0.05) is 27.9 Å². The maximum Gasteiger partial charge on any atom is 0.256 e. The van der Waals surface area contributed by atoms with Gasteiger partial charge < -0.3 is 20.1 Å². The van der Waals surface area contributed by atoms with E-state index < -0.39 is 0 Å². The molecule has 0 atom stereocenters. The fraction of sp³-hybridized carbons (Fsp3) is 0.0588. The largest absolute Gasteiger partial charge is 0.454 e. The summed E-state index contributed by atoms with van der Waals surface area (Å²) in [5.74, 6) is 0.602. The van der Waals surface area contributed by atoms with E-state index in [0.717, 1.165) is 21.9 Å². The molecule has 0 saturated heterocycles. The predicted molar refractivity (Wildman–Crippen MR) is 159 cm³/mol. The van der Waals surface area contributed by atoms with Crippen molar-refractivity contribution in [1.29, 1.82) is 0 Å². The Morgan fingerprint density at radius 1 is 0.725 bits per heavy atom. The van der Waals surface area contributed by atoms with Crippen molar-refractivity contribution < 1.29 is 19.1 Å². The van der Waals surface area contributed by atoms with Gasteiger partial charge in [0.05, 0.1) is 0 Å². The number of carbonyl (C=O) groups is 2. The standard InChI is InChI=1S/C34H26N2O4/c1-22-13-16-25(17-14-22)35-34(38)29(19-23-15-18-31-32(20-23)40-21-39-31)27-10-4-5-11-28(27)33(37)36-30-12-6-8-24-7-2-3-9-26(24)30/h2-20H,21H2,1H3,(H,35,38)(H,36,37)/b29-19-. The van der Waals surface area contributed by atoms with Gasteiger partial charge in [-0.25, -0.2) is 0 Å². The zero-order valence-corrected chi connectivity index (χ0v) is 21.8. The SMILES string of the molecule is Cc1ccc(NC(=O)/C(=C\c2ccc3c(c2)OCO3)c2ccccc2C(=O)Nc2cccc3ccccc23)cc1. The van der Waals surface area contributed by atoms with Crippen LogP contribution in [-0.4, -0.2) is 18.6 Å². The molecule has 1 aliphatic heterocycles. The number of nitrogens with one attached hydrogen (secondary N) is 2. The molecule has 0 spiro atoms. The third-order valence-electron chi connectivity index (χ3n) is 6.76. The molecule has 0 unspecified atom stereocenters. The molecule has 6 nitrogen and oxygen atoms in total. The van der Waals surface area contributed by atoms with E-state index >= 15 is 0 Å². The lowest BCUT2D eigenvalue weighted by atomic mass is 9.96. The van der Waals surface area contributed by atoms with Crippen molar-refractivity contribution in [3.63, 3.8) is 0 Å². The number of benzene rings is 5. The summed E-state index contributed by atoms with van der Waals surface area (Å²) in [6.45, 7) is 2.14. The summed E-state index contributed by atoms with van der Waals surface area (Å²) in [4.78, 5) is 27.5. The number of amides is 2. The molecule has 6 heteroatoms. The van der Waals surface area contributed by atoms with Crippen molar-refractivity contribution in [2.75, 3.05) is 17.4 Å². The Balaban J connectivity index is 1.40. The van der Waals surface area contributed by atoms with E-state index in [1.807, 2.05) is 97.9 Å². The quantitative estimate of drug-likeness (QED) is 0.180. The van der Waals surface area contributed by atoms with Gasteiger partial charge in [-0.1, -0.05) is 78.4 Å². The smallest absolute Gasteiger partial charge is 0.256 e. The number of carbonyl (C=O) groups excluding carboxylic acids is 2. The number of hydrogen-bond donors (Lipinski definition) is 2. The molecule has 0 aliphatic carbocycles. The number of fused-ring (bicyclic) bond motifs is 2. The molecule has 0 radical (unpaired) electrons. The Labute approximate surface area is 231 Å². The highest BCUT2D eigenvalue weighted by Crippen LogP contribution is 2.34. The average molecular weight is 527 g/mol. The fourth-order valence-electron chi connectivity index (χ4n) is 4.71. The van der Waals surface area contributed by atoms with E-state index in [1.165, 1.54) is 0 Å². The summed E-state index contributed by atoms with van der Waals surface area (Å²) in [6, 6.07) is 33.8. The van der Waals surface area contributed by atoms with E-state index in [0.29, 0.717) is 39.6 Å². The molecule has 1 heterocycles. The van der Waals surface area contributed by atoms with Crippen LogP contribution in [0.1, 0.15) is 27.0 Å². The van der Waals surface area contributed by atoms with Gasteiger partial charge in [-0.2, -0.15) is 0 Å². The number of rotatable bonds is 6. The normalized spacial score (nSPS) is 12.3. The first-order chi connectivity index (χ1) is 19.5. The van der Waals surface area contributed by atoms with Gasteiger partial charge in [0.1, 0.15) is 0 Å². The van der Waals surface area contributed by atoms with Crippen LogP contribution in [0.3, 0.4) is 0 Å². The summed E-state index contributed by atoms with van der Waals surface area (Å²) in [7, 11) is 0. The zero-order valence-electron chi connectivity index (χ0n) is 21.8. The lowest BCUT2D eigenvalue weighted by Crippen LogP contribution is -2.18. The number of hydrogen-bond acceptors (Lipinski definition) is 4. The fourth-order valence-corrected chi connectivity index (χ4v) is 4.71. The molecule has 5 aromatic rings. The molecular formula is C34H26N2O4. The van der Waals surface area contributed by atoms with Gasteiger partial charge in [0.2, 0.25) is 6.79 Å². The number of anilines is 2. The average Bonchev–Trinajstić information content (AvgIpc) is 3.45. The van der Waals surface area contributed by atoms with Crippen LogP contribution in [-0.2, 0) is 4.79 Å². The maximum atomic E-state index is 13.8. The topological polar surface area (TPSA) is 76.7 Å². The van der Waals surface area contributed by atoms with Crippen LogP contribution in [0.2, 0.25) is 0 Å². The molecule has 2 N–H and O–H groups in total. The molecule has 6 rings (SSSR count). The van der Waals surface area contributed by atoms with Gasteiger partial charge >= 0.3 is 0 Å².